The highest BCUT2D eigenvalue weighted by Crippen LogP contribution is 2.29. The van der Waals surface area contributed by atoms with E-state index in [1.54, 1.807) is 84.9 Å². The zero-order chi connectivity index (χ0) is 30.6. The third-order valence-electron chi connectivity index (χ3n) is 5.94. The van der Waals surface area contributed by atoms with Crippen LogP contribution in [0.4, 0.5) is 11.4 Å². The van der Waals surface area contributed by atoms with Crippen LogP contribution in [0, 0.1) is 0 Å². The molecule has 8 nitrogen and oxygen atoms in total. The lowest BCUT2D eigenvalue weighted by atomic mass is 10.1. The largest absolute Gasteiger partial charge is 0.495 e. The van der Waals surface area contributed by atoms with E-state index >= 15 is 0 Å². The molecular weight excluding hydrogens is 586 g/mol. The van der Waals surface area contributed by atoms with Gasteiger partial charge in [-0.15, -0.1) is 11.8 Å². The van der Waals surface area contributed by atoms with Gasteiger partial charge in [0.1, 0.15) is 17.2 Å². The summed E-state index contributed by atoms with van der Waals surface area (Å²) in [6.45, 7) is 2.31. The first-order valence-electron chi connectivity index (χ1n) is 13.3. The molecule has 4 aromatic carbocycles. The number of thioether (sulfide) groups is 1. The van der Waals surface area contributed by atoms with E-state index in [1.807, 2.05) is 25.1 Å². The molecule has 0 spiro atoms. The van der Waals surface area contributed by atoms with Gasteiger partial charge in [-0.1, -0.05) is 54.1 Å². The Balaban J connectivity index is 1.49. The molecule has 0 saturated heterocycles. The summed E-state index contributed by atoms with van der Waals surface area (Å²) in [6.07, 6.45) is 1.58. The lowest BCUT2D eigenvalue weighted by Gasteiger charge is -2.13. The number of anilines is 2. The second kappa shape index (κ2) is 15.5. The second-order valence-electron chi connectivity index (χ2n) is 9.01. The second-order valence-corrected chi connectivity index (χ2v) is 10.5. The van der Waals surface area contributed by atoms with Crippen molar-refractivity contribution in [2.24, 2.45) is 0 Å². The van der Waals surface area contributed by atoms with Crippen LogP contribution in [-0.2, 0) is 9.59 Å². The lowest BCUT2D eigenvalue weighted by Crippen LogP contribution is -2.30. The summed E-state index contributed by atoms with van der Waals surface area (Å²) in [6, 6.07) is 27.9. The van der Waals surface area contributed by atoms with E-state index in [2.05, 4.69) is 16.0 Å². The average molecular weight is 616 g/mol. The number of methoxy groups -OCH3 is 1. The minimum atomic E-state index is -0.525. The highest BCUT2D eigenvalue weighted by atomic mass is 35.5. The van der Waals surface area contributed by atoms with Crippen molar-refractivity contribution in [3.63, 3.8) is 0 Å². The molecule has 0 aliphatic carbocycles. The molecule has 0 fully saturated rings. The van der Waals surface area contributed by atoms with Crippen molar-refractivity contribution < 1.29 is 23.9 Å². The average Bonchev–Trinajstić information content (AvgIpc) is 3.01. The Kier molecular flexibility index (Phi) is 11.2. The van der Waals surface area contributed by atoms with Gasteiger partial charge in [0, 0.05) is 26.7 Å². The van der Waals surface area contributed by atoms with Crippen molar-refractivity contribution in [2.75, 3.05) is 30.1 Å². The van der Waals surface area contributed by atoms with Crippen molar-refractivity contribution in [1.29, 1.82) is 0 Å². The van der Waals surface area contributed by atoms with Gasteiger partial charge in [-0.05, 0) is 67.6 Å². The minimum absolute atomic E-state index is 0.0360. The van der Waals surface area contributed by atoms with Crippen molar-refractivity contribution in [3.05, 3.63) is 119 Å². The Morgan fingerprint density at radius 1 is 0.860 bits per heavy atom. The molecule has 4 aromatic rings. The predicted molar refractivity (Wildman–Crippen MR) is 172 cm³/mol. The number of rotatable bonds is 12. The van der Waals surface area contributed by atoms with Crippen LogP contribution in [0.5, 0.6) is 11.5 Å². The fourth-order valence-corrected chi connectivity index (χ4v) is 4.89. The maximum absolute atomic E-state index is 13.5. The van der Waals surface area contributed by atoms with E-state index in [0.717, 1.165) is 4.90 Å². The number of halogens is 1. The summed E-state index contributed by atoms with van der Waals surface area (Å²) in [4.78, 5) is 39.9. The number of benzene rings is 4. The number of para-hydroxylation sites is 1. The summed E-state index contributed by atoms with van der Waals surface area (Å²) in [5, 5.41) is 8.87. The number of ether oxygens (including phenoxy) is 2. The van der Waals surface area contributed by atoms with Gasteiger partial charge in [0.05, 0.1) is 25.2 Å². The van der Waals surface area contributed by atoms with E-state index in [9.17, 15) is 14.4 Å². The predicted octanol–water partition coefficient (Wildman–Crippen LogP) is 6.89. The molecule has 0 heterocycles. The summed E-state index contributed by atoms with van der Waals surface area (Å²) < 4.78 is 11.0. The Labute approximate surface area is 259 Å². The molecule has 0 radical (unpaired) electrons. The quantitative estimate of drug-likeness (QED) is 0.118. The van der Waals surface area contributed by atoms with Gasteiger partial charge in [-0.3, -0.25) is 14.4 Å². The smallest absolute Gasteiger partial charge is 0.272 e. The summed E-state index contributed by atoms with van der Waals surface area (Å²) in [5.41, 5.74) is 2.05. The molecule has 0 aliphatic heterocycles. The fraction of sp³-hybridized carbons (Fsp3) is 0.121. The first-order chi connectivity index (χ1) is 20.9. The Hall–Kier alpha value is -4.73. The molecule has 0 aliphatic rings. The standard InChI is InChI=1S/C33H30ClN3O5S/c1-3-42-29-15-8-7-12-23(29)18-28(37-32(39)22-10-5-4-6-11-22)33(40)35-25-13-9-14-26(20-25)43-21-31(38)36-27-19-24(34)16-17-30(27)41-2/h4-20H,3,21H2,1-2H3,(H,35,40)(H,36,38)(H,37,39)/b28-18+. The maximum atomic E-state index is 13.5. The number of carbonyl (C=O) groups is 3. The van der Waals surface area contributed by atoms with Crippen molar-refractivity contribution in [1.82, 2.24) is 5.32 Å². The molecule has 3 N–H and O–H groups in total. The summed E-state index contributed by atoms with van der Waals surface area (Å²) in [7, 11) is 1.51. The van der Waals surface area contributed by atoms with Gasteiger partial charge in [-0.25, -0.2) is 0 Å². The topological polar surface area (TPSA) is 106 Å². The molecule has 0 unspecified atom stereocenters. The van der Waals surface area contributed by atoms with Crippen LogP contribution in [0.3, 0.4) is 0 Å². The zero-order valence-corrected chi connectivity index (χ0v) is 25.1. The molecule has 43 heavy (non-hydrogen) atoms. The number of hydrogen-bond acceptors (Lipinski definition) is 6. The maximum Gasteiger partial charge on any atom is 0.272 e. The molecule has 3 amide bonds. The molecule has 4 rings (SSSR count). The Morgan fingerprint density at radius 3 is 2.40 bits per heavy atom. The Morgan fingerprint density at radius 2 is 1.63 bits per heavy atom. The van der Waals surface area contributed by atoms with Crippen LogP contribution in [-0.4, -0.2) is 37.2 Å². The van der Waals surface area contributed by atoms with E-state index in [-0.39, 0.29) is 17.4 Å². The summed E-state index contributed by atoms with van der Waals surface area (Å²) >= 11 is 7.35. The van der Waals surface area contributed by atoms with Crippen molar-refractivity contribution >= 4 is 58.5 Å². The first-order valence-corrected chi connectivity index (χ1v) is 14.7. The van der Waals surface area contributed by atoms with Gasteiger partial charge in [0.15, 0.2) is 0 Å². The van der Waals surface area contributed by atoms with Gasteiger partial charge < -0.3 is 25.4 Å². The lowest BCUT2D eigenvalue weighted by molar-refractivity contribution is -0.114. The molecule has 0 atom stereocenters. The Bertz CT molecular complexity index is 1630. The van der Waals surface area contributed by atoms with Crippen molar-refractivity contribution in [3.8, 4) is 11.5 Å². The van der Waals surface area contributed by atoms with Gasteiger partial charge in [-0.2, -0.15) is 0 Å². The van der Waals surface area contributed by atoms with Gasteiger partial charge in [0.2, 0.25) is 5.91 Å². The highest BCUT2D eigenvalue weighted by molar-refractivity contribution is 8.00. The van der Waals surface area contributed by atoms with Crippen LogP contribution in [0.25, 0.3) is 6.08 Å². The molecule has 0 saturated carbocycles. The normalized spacial score (nSPS) is 10.9. The fourth-order valence-electron chi connectivity index (χ4n) is 3.96. The van der Waals surface area contributed by atoms with Crippen LogP contribution in [0.15, 0.2) is 108 Å². The number of hydrogen-bond donors (Lipinski definition) is 3. The molecule has 0 bridgehead atoms. The first kappa shape index (κ1) is 31.2. The monoisotopic (exact) mass is 615 g/mol. The van der Waals surface area contributed by atoms with Gasteiger partial charge in [0.25, 0.3) is 11.8 Å². The van der Waals surface area contributed by atoms with E-state index in [1.165, 1.54) is 18.9 Å². The SMILES string of the molecule is CCOc1ccccc1/C=C(/NC(=O)c1ccccc1)C(=O)Nc1cccc(SCC(=O)Nc2cc(Cl)ccc2OC)c1. The molecule has 220 valence electrons. The third-order valence-corrected chi connectivity index (χ3v) is 7.17. The number of nitrogens with one attached hydrogen (secondary N) is 3. The molecular formula is C33H30ClN3O5S. The molecule has 0 aromatic heterocycles. The zero-order valence-electron chi connectivity index (χ0n) is 23.6. The third kappa shape index (κ3) is 9.13. The van der Waals surface area contributed by atoms with Crippen LogP contribution < -0.4 is 25.4 Å². The molecule has 10 heteroatoms. The van der Waals surface area contributed by atoms with Crippen LogP contribution in [0.1, 0.15) is 22.8 Å². The van der Waals surface area contributed by atoms with Gasteiger partial charge >= 0.3 is 0 Å². The van der Waals surface area contributed by atoms with E-state index in [4.69, 9.17) is 21.1 Å². The van der Waals surface area contributed by atoms with E-state index in [0.29, 0.717) is 45.6 Å². The van der Waals surface area contributed by atoms with Crippen molar-refractivity contribution in [2.45, 2.75) is 11.8 Å². The highest BCUT2D eigenvalue weighted by Gasteiger charge is 2.17. The number of amides is 3. The van der Waals surface area contributed by atoms with E-state index < -0.39 is 11.8 Å². The number of carbonyl (C=O) groups excluding carboxylic acids is 3. The van der Waals surface area contributed by atoms with Crippen LogP contribution >= 0.6 is 23.4 Å². The minimum Gasteiger partial charge on any atom is -0.495 e. The summed E-state index contributed by atoms with van der Waals surface area (Å²) in [5.74, 6) is -0.0108. The van der Waals surface area contributed by atoms with Crippen LogP contribution in [0.2, 0.25) is 5.02 Å².